The molecule has 2 aromatic carbocycles. The van der Waals surface area contributed by atoms with Crippen LogP contribution in [0.4, 0.5) is 0 Å². The second-order valence-corrected chi connectivity index (χ2v) is 7.65. The molecule has 156 valence electrons. The van der Waals surface area contributed by atoms with Crippen molar-refractivity contribution in [3.05, 3.63) is 65.7 Å². The van der Waals surface area contributed by atoms with Gasteiger partial charge in [-0.25, -0.2) is 0 Å². The summed E-state index contributed by atoms with van der Waals surface area (Å²) in [6, 6.07) is 17.2. The number of hydrogen-bond acceptors (Lipinski definition) is 3. The Morgan fingerprint density at radius 3 is 2.28 bits per heavy atom. The number of carbonyl (C=O) groups excluding carboxylic acids is 1. The van der Waals surface area contributed by atoms with E-state index in [1.165, 1.54) is 0 Å². The molecule has 6 nitrogen and oxygen atoms in total. The van der Waals surface area contributed by atoms with Crippen molar-refractivity contribution >= 4 is 11.9 Å². The summed E-state index contributed by atoms with van der Waals surface area (Å²) in [5.74, 6) is 1.53. The number of rotatable bonds is 8. The lowest BCUT2D eigenvalue weighted by Crippen LogP contribution is -2.38. The number of nitrogens with zero attached hydrogens (tertiary/aromatic N) is 1. The van der Waals surface area contributed by atoms with E-state index in [-0.39, 0.29) is 11.5 Å². The minimum absolute atomic E-state index is 0.0523. The van der Waals surface area contributed by atoms with Crippen LogP contribution in [0.3, 0.4) is 0 Å². The third kappa shape index (κ3) is 8.25. The smallest absolute Gasteiger partial charge is 0.251 e. The molecular weight excluding hydrogens is 364 g/mol. The van der Waals surface area contributed by atoms with E-state index in [1.807, 2.05) is 63.2 Å². The zero-order valence-electron chi connectivity index (χ0n) is 17.8. The summed E-state index contributed by atoms with van der Waals surface area (Å²) in [6.07, 6.45) is 0.795. The molecule has 0 aliphatic rings. The first-order chi connectivity index (χ1) is 13.9. The van der Waals surface area contributed by atoms with Crippen molar-refractivity contribution in [3.63, 3.8) is 0 Å². The number of amides is 1. The van der Waals surface area contributed by atoms with Gasteiger partial charge < -0.3 is 20.7 Å². The van der Waals surface area contributed by atoms with Gasteiger partial charge in [-0.2, -0.15) is 0 Å². The Morgan fingerprint density at radius 2 is 1.59 bits per heavy atom. The van der Waals surface area contributed by atoms with Gasteiger partial charge in [-0.1, -0.05) is 36.4 Å². The van der Waals surface area contributed by atoms with Crippen LogP contribution in [0.5, 0.6) is 5.75 Å². The van der Waals surface area contributed by atoms with E-state index in [0.29, 0.717) is 31.2 Å². The van der Waals surface area contributed by atoms with Crippen molar-refractivity contribution in [3.8, 4) is 5.75 Å². The Hall–Kier alpha value is -3.02. The van der Waals surface area contributed by atoms with Crippen molar-refractivity contribution < 1.29 is 9.53 Å². The van der Waals surface area contributed by atoms with E-state index in [4.69, 9.17) is 4.74 Å². The lowest BCUT2D eigenvalue weighted by atomic mass is 10.1. The Morgan fingerprint density at radius 1 is 0.931 bits per heavy atom. The monoisotopic (exact) mass is 396 g/mol. The van der Waals surface area contributed by atoms with Crippen molar-refractivity contribution in [1.29, 1.82) is 0 Å². The molecule has 0 unspecified atom stereocenters. The van der Waals surface area contributed by atoms with Gasteiger partial charge in [0.05, 0.1) is 0 Å². The summed E-state index contributed by atoms with van der Waals surface area (Å²) < 4.78 is 6.03. The fraction of sp³-hybridized carbons (Fsp3) is 0.391. The number of hydrogen-bond donors (Lipinski definition) is 3. The van der Waals surface area contributed by atoms with Crippen molar-refractivity contribution in [1.82, 2.24) is 16.0 Å². The quantitative estimate of drug-likeness (QED) is 0.363. The van der Waals surface area contributed by atoms with Crippen LogP contribution >= 0.6 is 0 Å². The van der Waals surface area contributed by atoms with Gasteiger partial charge in [-0.3, -0.25) is 9.79 Å². The van der Waals surface area contributed by atoms with E-state index in [9.17, 15) is 4.79 Å². The Balaban J connectivity index is 1.73. The Labute approximate surface area is 173 Å². The predicted molar refractivity (Wildman–Crippen MR) is 118 cm³/mol. The van der Waals surface area contributed by atoms with Crippen LogP contribution in [0.2, 0.25) is 0 Å². The SMILES string of the molecule is CN=C(NCCCNC(=O)c1ccccc1)NCc1ccccc1OC(C)(C)C. The van der Waals surface area contributed by atoms with Crippen LogP contribution in [-0.4, -0.2) is 37.6 Å². The molecule has 0 saturated heterocycles. The summed E-state index contributed by atoms with van der Waals surface area (Å²) in [6.45, 7) is 8.02. The minimum Gasteiger partial charge on any atom is -0.488 e. The second-order valence-electron chi connectivity index (χ2n) is 7.65. The number of aliphatic imine (C=N–C) groups is 1. The fourth-order valence-corrected chi connectivity index (χ4v) is 2.67. The number of ether oxygens (including phenoxy) is 1. The molecule has 29 heavy (non-hydrogen) atoms. The number of para-hydroxylation sites is 1. The maximum atomic E-state index is 12.0. The zero-order chi connectivity index (χ0) is 21.1. The first-order valence-electron chi connectivity index (χ1n) is 9.94. The van der Waals surface area contributed by atoms with Gasteiger partial charge in [0.1, 0.15) is 11.4 Å². The lowest BCUT2D eigenvalue weighted by molar-refractivity contribution is 0.0953. The van der Waals surface area contributed by atoms with Gasteiger partial charge in [-0.15, -0.1) is 0 Å². The Bertz CT molecular complexity index is 798. The molecule has 0 aliphatic carbocycles. The minimum atomic E-state index is -0.250. The van der Waals surface area contributed by atoms with Gasteiger partial charge in [-0.05, 0) is 45.4 Å². The topological polar surface area (TPSA) is 74.8 Å². The highest BCUT2D eigenvalue weighted by molar-refractivity contribution is 5.94. The molecule has 2 rings (SSSR count). The summed E-state index contributed by atoms with van der Waals surface area (Å²) >= 11 is 0. The first kappa shape index (κ1) is 22.3. The maximum absolute atomic E-state index is 12.0. The van der Waals surface area contributed by atoms with E-state index in [0.717, 1.165) is 17.7 Å². The Kier molecular flexibility index (Phi) is 8.52. The summed E-state index contributed by atoms with van der Waals surface area (Å²) in [4.78, 5) is 16.3. The van der Waals surface area contributed by atoms with Crippen LogP contribution in [0, 0.1) is 0 Å². The number of nitrogens with one attached hydrogen (secondary N) is 3. The molecule has 1 amide bonds. The van der Waals surface area contributed by atoms with Crippen LogP contribution in [-0.2, 0) is 6.54 Å². The number of carbonyl (C=O) groups is 1. The molecule has 0 fully saturated rings. The van der Waals surface area contributed by atoms with Crippen LogP contribution < -0.4 is 20.7 Å². The standard InChI is InChI=1S/C23H32N4O2/c1-23(2,3)29-20-14-9-8-13-19(20)17-27-22(24-4)26-16-10-15-25-21(28)18-11-6-5-7-12-18/h5-9,11-14H,10,15-17H2,1-4H3,(H,25,28)(H2,24,26,27). The molecule has 0 atom stereocenters. The van der Waals surface area contributed by atoms with E-state index < -0.39 is 0 Å². The third-order valence-electron chi connectivity index (χ3n) is 4.03. The van der Waals surface area contributed by atoms with E-state index in [1.54, 1.807) is 19.2 Å². The maximum Gasteiger partial charge on any atom is 0.251 e. The highest BCUT2D eigenvalue weighted by atomic mass is 16.5. The molecule has 0 saturated carbocycles. The van der Waals surface area contributed by atoms with Gasteiger partial charge in [0.2, 0.25) is 0 Å². The number of guanidine groups is 1. The highest BCUT2D eigenvalue weighted by Crippen LogP contribution is 2.22. The fourth-order valence-electron chi connectivity index (χ4n) is 2.67. The largest absolute Gasteiger partial charge is 0.488 e. The van der Waals surface area contributed by atoms with Gasteiger partial charge >= 0.3 is 0 Å². The molecule has 3 N–H and O–H groups in total. The third-order valence-corrected chi connectivity index (χ3v) is 4.03. The van der Waals surface area contributed by atoms with Crippen molar-refractivity contribution in [2.45, 2.75) is 39.3 Å². The normalized spacial score (nSPS) is 11.7. The number of benzene rings is 2. The summed E-state index contributed by atoms with van der Waals surface area (Å²) in [5.41, 5.74) is 1.50. The van der Waals surface area contributed by atoms with Crippen molar-refractivity contribution in [2.24, 2.45) is 4.99 Å². The molecule has 0 spiro atoms. The molecular formula is C23H32N4O2. The van der Waals surface area contributed by atoms with Gasteiger partial charge in [0.15, 0.2) is 5.96 Å². The molecule has 0 bridgehead atoms. The van der Waals surface area contributed by atoms with Gasteiger partial charge in [0.25, 0.3) is 5.91 Å². The summed E-state index contributed by atoms with van der Waals surface area (Å²) in [7, 11) is 1.74. The predicted octanol–water partition coefficient (Wildman–Crippen LogP) is 3.35. The van der Waals surface area contributed by atoms with E-state index >= 15 is 0 Å². The van der Waals surface area contributed by atoms with E-state index in [2.05, 4.69) is 20.9 Å². The zero-order valence-corrected chi connectivity index (χ0v) is 17.8. The second kappa shape index (κ2) is 11.1. The molecule has 0 heterocycles. The van der Waals surface area contributed by atoms with Crippen LogP contribution in [0.25, 0.3) is 0 Å². The average molecular weight is 397 g/mol. The molecule has 0 aliphatic heterocycles. The van der Waals surface area contributed by atoms with Gasteiger partial charge in [0, 0.05) is 37.8 Å². The van der Waals surface area contributed by atoms with Crippen molar-refractivity contribution in [2.75, 3.05) is 20.1 Å². The molecule has 0 radical (unpaired) electrons. The first-order valence-corrected chi connectivity index (χ1v) is 9.94. The summed E-state index contributed by atoms with van der Waals surface area (Å²) in [5, 5.41) is 9.50. The van der Waals surface area contributed by atoms with Crippen LogP contribution in [0.1, 0.15) is 43.1 Å². The molecule has 0 aromatic heterocycles. The molecule has 2 aromatic rings. The van der Waals surface area contributed by atoms with Crippen LogP contribution in [0.15, 0.2) is 59.6 Å². The molecule has 6 heteroatoms. The average Bonchev–Trinajstić information content (AvgIpc) is 2.70. The highest BCUT2D eigenvalue weighted by Gasteiger charge is 2.14. The lowest BCUT2D eigenvalue weighted by Gasteiger charge is -2.23.